The Bertz CT molecular complexity index is 819. The molecule has 0 radical (unpaired) electrons. The minimum absolute atomic E-state index is 0.0765. The van der Waals surface area contributed by atoms with Gasteiger partial charge < -0.3 is 5.32 Å². The number of benzene rings is 2. The van der Waals surface area contributed by atoms with Crippen molar-refractivity contribution >= 4 is 22.4 Å². The fourth-order valence-electron chi connectivity index (χ4n) is 2.35. The van der Waals surface area contributed by atoms with Crippen molar-refractivity contribution in [3.8, 4) is 0 Å². The minimum Gasteiger partial charge on any atom is -0.364 e. The molecule has 1 atom stereocenters. The molecule has 22 heavy (non-hydrogen) atoms. The highest BCUT2D eigenvalue weighted by Gasteiger charge is 2.09. The van der Waals surface area contributed by atoms with Crippen LogP contribution in [0.3, 0.4) is 0 Å². The number of nitrogens with zero attached hydrogens (tertiary/aromatic N) is 2. The van der Waals surface area contributed by atoms with E-state index in [0.29, 0.717) is 0 Å². The molecule has 1 unspecified atom stereocenters. The van der Waals surface area contributed by atoms with Crippen LogP contribution in [0, 0.1) is 10.1 Å². The second-order valence-electron chi connectivity index (χ2n) is 5.11. The maximum atomic E-state index is 10.8. The second kappa shape index (κ2) is 5.81. The quantitative estimate of drug-likeness (QED) is 0.574. The first-order chi connectivity index (χ1) is 10.6. The normalized spacial score (nSPS) is 12.0. The van der Waals surface area contributed by atoms with Crippen LogP contribution in [-0.4, -0.2) is 9.91 Å². The summed E-state index contributed by atoms with van der Waals surface area (Å²) in [7, 11) is 0. The van der Waals surface area contributed by atoms with E-state index in [-0.39, 0.29) is 11.7 Å². The average molecular weight is 293 g/mol. The molecule has 1 N–H and O–H groups in total. The van der Waals surface area contributed by atoms with Gasteiger partial charge in [-0.15, -0.1) is 0 Å². The molecule has 1 aromatic heterocycles. The molecule has 2 aromatic carbocycles. The van der Waals surface area contributed by atoms with E-state index in [9.17, 15) is 10.1 Å². The van der Waals surface area contributed by atoms with E-state index in [1.54, 1.807) is 6.07 Å². The summed E-state index contributed by atoms with van der Waals surface area (Å²) in [4.78, 5) is 14.9. The lowest BCUT2D eigenvalue weighted by Gasteiger charge is -2.15. The molecule has 0 amide bonds. The van der Waals surface area contributed by atoms with Gasteiger partial charge in [-0.2, -0.15) is 0 Å². The zero-order valence-corrected chi connectivity index (χ0v) is 12.1. The Morgan fingerprint density at radius 2 is 1.86 bits per heavy atom. The number of nitro groups is 1. The van der Waals surface area contributed by atoms with Crippen molar-refractivity contribution in [2.45, 2.75) is 13.0 Å². The third-order valence-corrected chi connectivity index (χ3v) is 3.55. The van der Waals surface area contributed by atoms with Gasteiger partial charge in [0.2, 0.25) is 0 Å². The lowest BCUT2D eigenvalue weighted by molar-refractivity contribution is -0.384. The van der Waals surface area contributed by atoms with Crippen molar-refractivity contribution in [2.75, 3.05) is 5.32 Å². The molecule has 0 aliphatic carbocycles. The van der Waals surface area contributed by atoms with Crippen molar-refractivity contribution in [1.29, 1.82) is 0 Å². The Kier molecular flexibility index (Phi) is 3.70. The summed E-state index contributed by atoms with van der Waals surface area (Å²) < 4.78 is 0. The van der Waals surface area contributed by atoms with Crippen LogP contribution in [0.25, 0.3) is 10.9 Å². The standard InChI is InChI=1S/C17H15N3O2/c1-12(13-5-3-2-4-6-13)18-17-10-7-14-11-15(20(21)22)8-9-16(14)19-17/h2-12H,1H3,(H,18,19). The molecule has 0 aliphatic heterocycles. The zero-order valence-electron chi connectivity index (χ0n) is 12.1. The first-order valence-electron chi connectivity index (χ1n) is 7.00. The van der Waals surface area contributed by atoms with Crippen LogP contribution in [0.15, 0.2) is 60.7 Å². The third kappa shape index (κ3) is 2.88. The maximum Gasteiger partial charge on any atom is 0.270 e. The van der Waals surface area contributed by atoms with Crippen LogP contribution >= 0.6 is 0 Å². The van der Waals surface area contributed by atoms with Crippen LogP contribution in [0.1, 0.15) is 18.5 Å². The van der Waals surface area contributed by atoms with E-state index in [0.717, 1.165) is 16.7 Å². The summed E-state index contributed by atoms with van der Waals surface area (Å²) in [5, 5.41) is 14.9. The Balaban J connectivity index is 1.86. The van der Waals surface area contributed by atoms with Crippen LogP contribution < -0.4 is 5.32 Å². The topological polar surface area (TPSA) is 68.1 Å². The van der Waals surface area contributed by atoms with E-state index >= 15 is 0 Å². The van der Waals surface area contributed by atoms with Gasteiger partial charge in [0, 0.05) is 23.6 Å². The molecule has 110 valence electrons. The molecule has 0 aliphatic rings. The first kappa shape index (κ1) is 14.0. The van der Waals surface area contributed by atoms with E-state index in [4.69, 9.17) is 0 Å². The van der Waals surface area contributed by atoms with Gasteiger partial charge in [0.15, 0.2) is 0 Å². The molecule has 5 heteroatoms. The molecular weight excluding hydrogens is 278 g/mol. The Morgan fingerprint density at radius 1 is 1.09 bits per heavy atom. The van der Waals surface area contributed by atoms with Gasteiger partial charge in [0.1, 0.15) is 5.82 Å². The van der Waals surface area contributed by atoms with Crippen LogP contribution in [-0.2, 0) is 0 Å². The van der Waals surface area contributed by atoms with Crippen molar-refractivity contribution in [2.24, 2.45) is 0 Å². The number of non-ortho nitro benzene ring substituents is 1. The van der Waals surface area contributed by atoms with E-state index in [1.807, 2.05) is 30.3 Å². The minimum atomic E-state index is -0.400. The van der Waals surface area contributed by atoms with Crippen molar-refractivity contribution in [3.63, 3.8) is 0 Å². The van der Waals surface area contributed by atoms with Gasteiger partial charge in [0.25, 0.3) is 5.69 Å². The molecule has 3 rings (SSSR count). The SMILES string of the molecule is CC(Nc1ccc2cc([N+](=O)[O-])ccc2n1)c1ccccc1. The van der Waals surface area contributed by atoms with Crippen molar-refractivity contribution in [1.82, 2.24) is 4.98 Å². The summed E-state index contributed by atoms with van der Waals surface area (Å²) in [6.45, 7) is 2.07. The van der Waals surface area contributed by atoms with Gasteiger partial charge >= 0.3 is 0 Å². The van der Waals surface area contributed by atoms with E-state index in [1.165, 1.54) is 17.7 Å². The van der Waals surface area contributed by atoms with Crippen LogP contribution in [0.5, 0.6) is 0 Å². The number of pyridine rings is 1. The van der Waals surface area contributed by atoms with Gasteiger partial charge in [-0.05, 0) is 30.7 Å². The number of nitro benzene ring substituents is 1. The zero-order chi connectivity index (χ0) is 15.5. The van der Waals surface area contributed by atoms with Gasteiger partial charge in [-0.3, -0.25) is 10.1 Å². The number of anilines is 1. The van der Waals surface area contributed by atoms with Gasteiger partial charge in [-0.25, -0.2) is 4.98 Å². The lowest BCUT2D eigenvalue weighted by Crippen LogP contribution is -2.07. The molecule has 0 bridgehead atoms. The smallest absolute Gasteiger partial charge is 0.270 e. The molecule has 0 saturated carbocycles. The van der Waals surface area contributed by atoms with Crippen LogP contribution in [0.4, 0.5) is 11.5 Å². The van der Waals surface area contributed by atoms with Gasteiger partial charge in [0.05, 0.1) is 10.4 Å². The summed E-state index contributed by atoms with van der Waals surface area (Å²) >= 11 is 0. The number of fused-ring (bicyclic) bond motifs is 1. The Labute approximate surface area is 127 Å². The molecule has 0 spiro atoms. The highest BCUT2D eigenvalue weighted by molar-refractivity contribution is 5.82. The predicted octanol–water partition coefficient (Wildman–Crippen LogP) is 4.32. The molecule has 3 aromatic rings. The highest BCUT2D eigenvalue weighted by Crippen LogP contribution is 2.23. The lowest BCUT2D eigenvalue weighted by atomic mass is 10.1. The number of hydrogen-bond donors (Lipinski definition) is 1. The van der Waals surface area contributed by atoms with E-state index in [2.05, 4.69) is 29.4 Å². The van der Waals surface area contributed by atoms with Crippen LogP contribution in [0.2, 0.25) is 0 Å². The number of rotatable bonds is 4. The van der Waals surface area contributed by atoms with Crippen molar-refractivity contribution in [3.05, 3.63) is 76.3 Å². The molecule has 5 nitrogen and oxygen atoms in total. The summed E-state index contributed by atoms with van der Waals surface area (Å²) in [5.41, 5.74) is 1.98. The largest absolute Gasteiger partial charge is 0.364 e. The molecule has 1 heterocycles. The average Bonchev–Trinajstić information content (AvgIpc) is 2.55. The fraction of sp³-hybridized carbons (Fsp3) is 0.118. The molecular formula is C17H15N3O2. The predicted molar refractivity (Wildman–Crippen MR) is 86.9 cm³/mol. The monoisotopic (exact) mass is 293 g/mol. The van der Waals surface area contributed by atoms with E-state index < -0.39 is 4.92 Å². The Hall–Kier alpha value is -2.95. The fourth-order valence-corrected chi connectivity index (χ4v) is 2.35. The first-order valence-corrected chi connectivity index (χ1v) is 7.00. The van der Waals surface area contributed by atoms with Gasteiger partial charge in [-0.1, -0.05) is 30.3 Å². The third-order valence-electron chi connectivity index (χ3n) is 3.55. The maximum absolute atomic E-state index is 10.8. The molecule has 0 saturated heterocycles. The number of aromatic nitrogens is 1. The van der Waals surface area contributed by atoms with Crippen molar-refractivity contribution < 1.29 is 4.92 Å². The molecule has 0 fully saturated rings. The number of nitrogens with one attached hydrogen (secondary N) is 1. The second-order valence-corrected chi connectivity index (χ2v) is 5.11. The summed E-state index contributed by atoms with van der Waals surface area (Å²) in [6.07, 6.45) is 0. The number of hydrogen-bond acceptors (Lipinski definition) is 4. The highest BCUT2D eigenvalue weighted by atomic mass is 16.6. The summed E-state index contributed by atoms with van der Waals surface area (Å²) in [5.74, 6) is 0.748. The Morgan fingerprint density at radius 3 is 2.59 bits per heavy atom. The summed E-state index contributed by atoms with van der Waals surface area (Å²) in [6, 6.07) is 18.6.